The van der Waals surface area contributed by atoms with Crippen molar-refractivity contribution in [3.8, 4) is 0 Å². The Bertz CT molecular complexity index is 372. The summed E-state index contributed by atoms with van der Waals surface area (Å²) in [5, 5.41) is 12.7. The lowest BCUT2D eigenvalue weighted by molar-refractivity contribution is -0.149. The Morgan fingerprint density at radius 3 is 2.81 bits per heavy atom. The van der Waals surface area contributed by atoms with Gasteiger partial charge in [-0.25, -0.2) is 4.79 Å². The van der Waals surface area contributed by atoms with Crippen LogP contribution in [-0.4, -0.2) is 52.1 Å². The Morgan fingerprint density at radius 1 is 1.38 bits per heavy atom. The molecule has 2 saturated heterocycles. The van der Waals surface area contributed by atoms with E-state index >= 15 is 0 Å². The lowest BCUT2D eigenvalue weighted by Crippen LogP contribution is -2.45. The zero-order chi connectivity index (χ0) is 15.2. The number of carbonyl (C=O) groups is 2. The molecule has 1 amide bonds. The first-order valence-corrected chi connectivity index (χ1v) is 9.04. The molecule has 2 aliphatic rings. The summed E-state index contributed by atoms with van der Waals surface area (Å²) >= 11 is 1.61. The van der Waals surface area contributed by atoms with Crippen LogP contribution < -0.4 is 5.32 Å². The van der Waals surface area contributed by atoms with Crippen molar-refractivity contribution in [3.63, 3.8) is 0 Å². The Kier molecular flexibility index (Phi) is 6.36. The second-order valence-electron chi connectivity index (χ2n) is 5.98. The Balaban J connectivity index is 1.91. The van der Waals surface area contributed by atoms with E-state index in [4.69, 9.17) is 0 Å². The molecule has 0 bridgehead atoms. The predicted octanol–water partition coefficient (Wildman–Crippen LogP) is 1.92. The number of carboxylic acid groups (broad SMARTS) is 1. The van der Waals surface area contributed by atoms with Gasteiger partial charge in [-0.1, -0.05) is 13.3 Å². The average molecular weight is 314 g/mol. The molecular formula is C15H26N2O3S. The lowest BCUT2D eigenvalue weighted by Gasteiger charge is -2.28. The maximum absolute atomic E-state index is 12.5. The third kappa shape index (κ3) is 4.36. The second-order valence-corrected chi connectivity index (χ2v) is 7.19. The van der Waals surface area contributed by atoms with Crippen LogP contribution in [0, 0.1) is 5.92 Å². The number of nitrogens with zero attached hydrogens (tertiary/aromatic N) is 1. The van der Waals surface area contributed by atoms with Gasteiger partial charge in [0, 0.05) is 12.2 Å². The maximum atomic E-state index is 12.5. The minimum atomic E-state index is -0.867. The van der Waals surface area contributed by atoms with Crippen LogP contribution in [0.4, 0.5) is 0 Å². The molecule has 6 heteroatoms. The molecule has 0 aromatic heterocycles. The van der Waals surface area contributed by atoms with E-state index < -0.39 is 12.0 Å². The molecular weight excluding hydrogens is 288 g/mol. The molecule has 3 unspecified atom stereocenters. The van der Waals surface area contributed by atoms with Gasteiger partial charge in [0.1, 0.15) is 6.04 Å². The molecule has 2 aliphatic heterocycles. The normalized spacial score (nSPS) is 29.6. The molecule has 3 atom stereocenters. The molecule has 0 radical (unpaired) electrons. The van der Waals surface area contributed by atoms with Crippen molar-refractivity contribution in [2.45, 2.75) is 56.9 Å². The summed E-state index contributed by atoms with van der Waals surface area (Å²) < 4.78 is 0. The van der Waals surface area contributed by atoms with Crippen molar-refractivity contribution >= 4 is 23.6 Å². The van der Waals surface area contributed by atoms with Gasteiger partial charge in [-0.05, 0) is 44.7 Å². The number of piperidine rings is 1. The first kappa shape index (κ1) is 16.6. The highest BCUT2D eigenvalue weighted by Gasteiger charge is 2.40. The fourth-order valence-electron chi connectivity index (χ4n) is 3.18. The summed E-state index contributed by atoms with van der Waals surface area (Å²) in [5.74, 6) is 0.243. The van der Waals surface area contributed by atoms with Crippen molar-refractivity contribution < 1.29 is 14.7 Å². The van der Waals surface area contributed by atoms with Crippen molar-refractivity contribution in [2.24, 2.45) is 5.92 Å². The van der Waals surface area contributed by atoms with Crippen LogP contribution in [-0.2, 0) is 9.59 Å². The molecule has 0 aromatic carbocycles. The smallest absolute Gasteiger partial charge is 0.327 e. The molecule has 0 aliphatic carbocycles. The largest absolute Gasteiger partial charge is 0.480 e. The highest BCUT2D eigenvalue weighted by Crippen LogP contribution is 2.33. The zero-order valence-electron chi connectivity index (χ0n) is 12.7. The molecule has 0 saturated carbocycles. The van der Waals surface area contributed by atoms with Gasteiger partial charge in [0.15, 0.2) is 0 Å². The van der Waals surface area contributed by atoms with Gasteiger partial charge < -0.3 is 15.3 Å². The summed E-state index contributed by atoms with van der Waals surface area (Å²) in [7, 11) is 0. The molecule has 5 nitrogen and oxygen atoms in total. The van der Waals surface area contributed by atoms with Gasteiger partial charge in [0.25, 0.3) is 0 Å². The number of amides is 1. The monoisotopic (exact) mass is 314 g/mol. The molecule has 0 aromatic rings. The van der Waals surface area contributed by atoms with Crippen LogP contribution in [0.5, 0.6) is 0 Å². The van der Waals surface area contributed by atoms with Crippen LogP contribution in [0.3, 0.4) is 0 Å². The minimum Gasteiger partial charge on any atom is -0.480 e. The minimum absolute atomic E-state index is 0.0245. The van der Waals surface area contributed by atoms with E-state index in [1.807, 2.05) is 0 Å². The molecule has 2 rings (SSSR count). The van der Waals surface area contributed by atoms with Crippen molar-refractivity contribution in [2.75, 3.05) is 18.8 Å². The summed E-state index contributed by atoms with van der Waals surface area (Å²) in [6, 6.07) is -0.636. The Morgan fingerprint density at radius 2 is 2.19 bits per heavy atom. The maximum Gasteiger partial charge on any atom is 0.327 e. The van der Waals surface area contributed by atoms with Crippen molar-refractivity contribution in [1.29, 1.82) is 0 Å². The standard InChI is InChI=1S/C15H26N2O3S/c1-2-4-14-17(12(10-21-14)15(19)20)13(18)7-6-11-5-3-8-16-9-11/h11-12,14,16H,2-10H2,1H3,(H,19,20). The van der Waals surface area contributed by atoms with Gasteiger partial charge in [-0.2, -0.15) is 0 Å². The predicted molar refractivity (Wildman–Crippen MR) is 84.3 cm³/mol. The third-order valence-electron chi connectivity index (χ3n) is 4.37. The van der Waals surface area contributed by atoms with E-state index in [1.54, 1.807) is 16.7 Å². The van der Waals surface area contributed by atoms with Gasteiger partial charge >= 0.3 is 5.97 Å². The fourth-order valence-corrected chi connectivity index (χ4v) is 4.72. The quantitative estimate of drug-likeness (QED) is 0.784. The van der Waals surface area contributed by atoms with E-state index in [9.17, 15) is 14.7 Å². The average Bonchev–Trinajstić information content (AvgIpc) is 2.90. The van der Waals surface area contributed by atoms with Crippen LogP contribution >= 0.6 is 11.8 Å². The number of carbonyl (C=O) groups excluding carboxylic acids is 1. The molecule has 2 fully saturated rings. The molecule has 2 N–H and O–H groups in total. The summed E-state index contributed by atoms with van der Waals surface area (Å²) in [6.45, 7) is 4.14. The van der Waals surface area contributed by atoms with Gasteiger partial charge in [-0.3, -0.25) is 4.79 Å². The number of hydrogen-bond donors (Lipinski definition) is 2. The highest BCUT2D eigenvalue weighted by atomic mass is 32.2. The Labute approximate surface area is 130 Å². The van der Waals surface area contributed by atoms with Crippen LogP contribution in [0.2, 0.25) is 0 Å². The van der Waals surface area contributed by atoms with Gasteiger partial charge in [-0.15, -0.1) is 11.8 Å². The van der Waals surface area contributed by atoms with E-state index in [0.717, 1.165) is 32.4 Å². The van der Waals surface area contributed by atoms with E-state index in [2.05, 4.69) is 12.2 Å². The number of thioether (sulfide) groups is 1. The van der Waals surface area contributed by atoms with Crippen molar-refractivity contribution in [3.05, 3.63) is 0 Å². The van der Waals surface area contributed by atoms with Crippen LogP contribution in [0.1, 0.15) is 45.4 Å². The molecule has 120 valence electrons. The van der Waals surface area contributed by atoms with E-state index in [1.165, 1.54) is 12.8 Å². The number of aliphatic carboxylic acids is 1. The molecule has 0 spiro atoms. The SMILES string of the molecule is CCCC1SCC(C(=O)O)N1C(=O)CCC1CCCNC1. The topological polar surface area (TPSA) is 69.6 Å². The zero-order valence-corrected chi connectivity index (χ0v) is 13.5. The van der Waals surface area contributed by atoms with Crippen LogP contribution in [0.25, 0.3) is 0 Å². The second kappa shape index (κ2) is 8.03. The van der Waals surface area contributed by atoms with Crippen molar-refractivity contribution in [1.82, 2.24) is 10.2 Å². The first-order valence-electron chi connectivity index (χ1n) is 7.99. The first-order chi connectivity index (χ1) is 10.1. The van der Waals surface area contributed by atoms with E-state index in [-0.39, 0.29) is 11.3 Å². The lowest BCUT2D eigenvalue weighted by atomic mass is 9.94. The molecule has 21 heavy (non-hydrogen) atoms. The number of rotatable bonds is 6. The fraction of sp³-hybridized carbons (Fsp3) is 0.867. The third-order valence-corrected chi connectivity index (χ3v) is 5.72. The van der Waals surface area contributed by atoms with Gasteiger partial charge in [0.05, 0.1) is 5.37 Å². The van der Waals surface area contributed by atoms with Gasteiger partial charge in [0.2, 0.25) is 5.91 Å². The number of carboxylic acids is 1. The van der Waals surface area contributed by atoms with Crippen LogP contribution in [0.15, 0.2) is 0 Å². The summed E-state index contributed by atoms with van der Waals surface area (Å²) in [4.78, 5) is 25.5. The Hall–Kier alpha value is -0.750. The molecule has 2 heterocycles. The summed E-state index contributed by atoms with van der Waals surface area (Å²) in [5.41, 5.74) is 0. The number of hydrogen-bond acceptors (Lipinski definition) is 4. The summed E-state index contributed by atoms with van der Waals surface area (Å²) in [6.07, 6.45) is 5.56. The number of nitrogens with one attached hydrogen (secondary N) is 1. The van der Waals surface area contributed by atoms with E-state index in [0.29, 0.717) is 18.1 Å². The highest BCUT2D eigenvalue weighted by molar-refractivity contribution is 8.00.